The minimum atomic E-state index is -0.107. The molecule has 3 aromatic rings. The van der Waals surface area contributed by atoms with E-state index in [1.165, 1.54) is 0 Å². The van der Waals surface area contributed by atoms with Crippen molar-refractivity contribution in [2.24, 2.45) is 0 Å². The number of piperazine rings is 1. The molecule has 1 heterocycles. The number of amides is 2. The van der Waals surface area contributed by atoms with Crippen molar-refractivity contribution in [1.82, 2.24) is 14.7 Å². The Morgan fingerprint density at radius 1 is 0.974 bits per heavy atom. The molecule has 1 saturated heterocycles. The van der Waals surface area contributed by atoms with Crippen LogP contribution in [-0.2, 0) is 0 Å². The van der Waals surface area contributed by atoms with Crippen LogP contribution in [0.2, 0.25) is 5.02 Å². The molecule has 0 bridgehead atoms. The number of nitrogens with zero attached hydrogens (tertiary/aromatic N) is 3. The number of hydrogen-bond donors (Lipinski definition) is 0. The summed E-state index contributed by atoms with van der Waals surface area (Å²) in [7, 11) is 1.64. The van der Waals surface area contributed by atoms with Crippen LogP contribution in [0.1, 0.15) is 26.3 Å². The molecule has 1 aliphatic rings. The first kappa shape index (κ1) is 27.9. The molecule has 8 heteroatoms. The van der Waals surface area contributed by atoms with Gasteiger partial charge in [-0.05, 0) is 42.5 Å². The molecule has 4 rings (SSSR count). The Morgan fingerprint density at radius 3 is 2.37 bits per heavy atom. The van der Waals surface area contributed by atoms with Gasteiger partial charge in [-0.1, -0.05) is 70.0 Å². The number of benzene rings is 3. The number of rotatable bonds is 9. The zero-order chi connectivity index (χ0) is 26.9. The van der Waals surface area contributed by atoms with Gasteiger partial charge in [0.05, 0.1) is 17.7 Å². The minimum absolute atomic E-state index is 0.0501. The number of carbonyl (C=O) groups is 2. The predicted octanol–water partition coefficient (Wildman–Crippen LogP) is 5.72. The lowest BCUT2D eigenvalue weighted by atomic mass is 10.1. The fraction of sp³-hybridized carbons (Fsp3) is 0.267. The molecule has 0 N–H and O–H groups in total. The number of hydrogen-bond acceptors (Lipinski definition) is 4. The monoisotopic (exact) mass is 595 g/mol. The second-order valence-electron chi connectivity index (χ2n) is 9.02. The Balaban J connectivity index is 1.38. The van der Waals surface area contributed by atoms with Gasteiger partial charge in [-0.15, -0.1) is 0 Å². The van der Waals surface area contributed by atoms with Crippen LogP contribution in [0.5, 0.6) is 5.75 Å². The molecule has 0 aromatic heterocycles. The topological polar surface area (TPSA) is 53.1 Å². The minimum Gasteiger partial charge on any atom is -0.496 e. The van der Waals surface area contributed by atoms with Crippen LogP contribution in [0.4, 0.5) is 0 Å². The van der Waals surface area contributed by atoms with Gasteiger partial charge < -0.3 is 14.5 Å². The van der Waals surface area contributed by atoms with E-state index in [1.54, 1.807) is 19.2 Å². The van der Waals surface area contributed by atoms with Gasteiger partial charge in [0.1, 0.15) is 5.75 Å². The third-order valence-corrected chi connectivity index (χ3v) is 7.45. The smallest absolute Gasteiger partial charge is 0.255 e. The summed E-state index contributed by atoms with van der Waals surface area (Å²) >= 11 is 9.77. The molecule has 0 radical (unpaired) electrons. The average molecular weight is 597 g/mol. The van der Waals surface area contributed by atoms with Crippen LogP contribution in [0.3, 0.4) is 0 Å². The average Bonchev–Trinajstić information content (AvgIpc) is 2.95. The number of halogens is 2. The maximum atomic E-state index is 13.4. The summed E-state index contributed by atoms with van der Waals surface area (Å²) in [5, 5.41) is 0.441. The first-order chi connectivity index (χ1) is 18.5. The van der Waals surface area contributed by atoms with Crippen molar-refractivity contribution in [1.29, 1.82) is 0 Å². The number of para-hydroxylation sites is 1. The molecular formula is C30H31BrClN3O3. The van der Waals surface area contributed by atoms with Gasteiger partial charge in [-0.3, -0.25) is 14.5 Å². The van der Waals surface area contributed by atoms with Gasteiger partial charge in [0.25, 0.3) is 11.8 Å². The van der Waals surface area contributed by atoms with Crippen molar-refractivity contribution < 1.29 is 14.3 Å². The highest BCUT2D eigenvalue weighted by Crippen LogP contribution is 2.20. The molecule has 0 atom stereocenters. The third-order valence-electron chi connectivity index (χ3n) is 6.59. The summed E-state index contributed by atoms with van der Waals surface area (Å²) in [4.78, 5) is 32.3. The standard InChI is InChI=1S/C30H31BrClN3O3/c1-38-28-11-5-2-7-23(28)8-6-16-34(30(37)26-9-3-4-10-27(26)32)20-17-33-18-21-35(22-19-33)29(36)24-12-14-25(31)15-13-24/h2-15H,16-22H2,1H3. The molecule has 0 saturated carbocycles. The molecule has 2 amide bonds. The molecule has 1 aliphatic heterocycles. The van der Waals surface area contributed by atoms with E-state index in [-0.39, 0.29) is 11.8 Å². The first-order valence-corrected chi connectivity index (χ1v) is 13.7. The van der Waals surface area contributed by atoms with Gasteiger partial charge >= 0.3 is 0 Å². The van der Waals surface area contributed by atoms with Crippen molar-refractivity contribution in [3.05, 3.63) is 105 Å². The van der Waals surface area contributed by atoms with Crippen LogP contribution in [-0.4, -0.2) is 79.4 Å². The van der Waals surface area contributed by atoms with E-state index in [0.717, 1.165) is 28.9 Å². The molecule has 6 nitrogen and oxygen atoms in total. The van der Waals surface area contributed by atoms with Gasteiger partial charge in [0, 0.05) is 61.4 Å². The summed E-state index contributed by atoms with van der Waals surface area (Å²) in [6, 6.07) is 22.4. The highest BCUT2D eigenvalue weighted by Gasteiger charge is 2.24. The summed E-state index contributed by atoms with van der Waals surface area (Å²) < 4.78 is 6.39. The SMILES string of the molecule is COc1ccccc1C=CCN(CCN1CCN(C(=O)c2ccc(Br)cc2)CC1)C(=O)c1ccccc1Cl. The molecule has 0 aliphatic carbocycles. The Labute approximate surface area is 237 Å². The Morgan fingerprint density at radius 2 is 1.66 bits per heavy atom. The number of methoxy groups -OCH3 is 1. The third kappa shape index (κ3) is 7.25. The van der Waals surface area contributed by atoms with E-state index in [1.807, 2.05) is 82.6 Å². The predicted molar refractivity (Wildman–Crippen MR) is 156 cm³/mol. The normalized spacial score (nSPS) is 14.0. The lowest BCUT2D eigenvalue weighted by molar-refractivity contribution is 0.0609. The maximum absolute atomic E-state index is 13.4. The van der Waals surface area contributed by atoms with Crippen LogP contribution in [0.25, 0.3) is 6.08 Å². The molecule has 38 heavy (non-hydrogen) atoms. The van der Waals surface area contributed by atoms with Gasteiger partial charge in [0.15, 0.2) is 0 Å². The summed E-state index contributed by atoms with van der Waals surface area (Å²) in [6.07, 6.45) is 3.94. The van der Waals surface area contributed by atoms with Crippen molar-refractivity contribution >= 4 is 45.4 Å². The summed E-state index contributed by atoms with van der Waals surface area (Å²) in [6.45, 7) is 4.51. The quantitative estimate of drug-likeness (QED) is 0.317. The Kier molecular flexibility index (Phi) is 9.98. The Bertz CT molecular complexity index is 1270. The number of ether oxygens (including phenoxy) is 1. The Hall–Kier alpha value is -3.13. The highest BCUT2D eigenvalue weighted by atomic mass is 79.9. The molecule has 0 unspecified atom stereocenters. The first-order valence-electron chi connectivity index (χ1n) is 12.6. The van der Waals surface area contributed by atoms with E-state index in [0.29, 0.717) is 48.9 Å². The van der Waals surface area contributed by atoms with Crippen molar-refractivity contribution in [2.45, 2.75) is 0 Å². The molecule has 1 fully saturated rings. The van der Waals surface area contributed by atoms with E-state index >= 15 is 0 Å². The van der Waals surface area contributed by atoms with Gasteiger partial charge in [-0.2, -0.15) is 0 Å². The molecule has 3 aromatic carbocycles. The lowest BCUT2D eigenvalue weighted by Crippen LogP contribution is -2.50. The second-order valence-corrected chi connectivity index (χ2v) is 10.3. The summed E-state index contributed by atoms with van der Waals surface area (Å²) in [5.74, 6) is 0.724. The van der Waals surface area contributed by atoms with E-state index in [4.69, 9.17) is 16.3 Å². The summed E-state index contributed by atoms with van der Waals surface area (Å²) in [5.41, 5.74) is 2.14. The fourth-order valence-corrected chi connectivity index (χ4v) is 4.88. The molecule has 198 valence electrons. The lowest BCUT2D eigenvalue weighted by Gasteiger charge is -2.36. The molecular weight excluding hydrogens is 566 g/mol. The maximum Gasteiger partial charge on any atom is 0.255 e. The van der Waals surface area contributed by atoms with Crippen molar-refractivity contribution in [3.8, 4) is 5.75 Å². The van der Waals surface area contributed by atoms with Crippen molar-refractivity contribution in [3.63, 3.8) is 0 Å². The zero-order valence-electron chi connectivity index (χ0n) is 21.4. The number of carbonyl (C=O) groups excluding carboxylic acids is 2. The van der Waals surface area contributed by atoms with Crippen LogP contribution in [0, 0.1) is 0 Å². The van der Waals surface area contributed by atoms with Crippen molar-refractivity contribution in [2.75, 3.05) is 52.9 Å². The zero-order valence-corrected chi connectivity index (χ0v) is 23.7. The second kappa shape index (κ2) is 13.6. The van der Waals surface area contributed by atoms with Crippen LogP contribution in [0.15, 0.2) is 83.3 Å². The van der Waals surface area contributed by atoms with E-state index in [9.17, 15) is 9.59 Å². The largest absolute Gasteiger partial charge is 0.496 e. The molecule has 0 spiro atoms. The van der Waals surface area contributed by atoms with Gasteiger partial charge in [0.2, 0.25) is 0 Å². The van der Waals surface area contributed by atoms with E-state index < -0.39 is 0 Å². The van der Waals surface area contributed by atoms with Gasteiger partial charge in [-0.25, -0.2) is 0 Å². The van der Waals surface area contributed by atoms with Crippen LogP contribution >= 0.6 is 27.5 Å². The highest BCUT2D eigenvalue weighted by molar-refractivity contribution is 9.10. The van der Waals surface area contributed by atoms with Crippen LogP contribution < -0.4 is 4.74 Å². The fourth-order valence-electron chi connectivity index (χ4n) is 4.40. The van der Waals surface area contributed by atoms with E-state index in [2.05, 4.69) is 20.8 Å².